The molecule has 0 spiro atoms. The van der Waals surface area contributed by atoms with Gasteiger partial charge < -0.3 is 26.2 Å². The predicted octanol–water partition coefficient (Wildman–Crippen LogP) is 3.80. The molecule has 3 rings (SSSR count). The highest BCUT2D eigenvalue weighted by Crippen LogP contribution is 2.33. The Bertz CT molecular complexity index is 1200. The summed E-state index contributed by atoms with van der Waals surface area (Å²) in [7, 11) is 5.73. The van der Waals surface area contributed by atoms with Crippen LogP contribution in [0.1, 0.15) is 48.3 Å². The molecule has 1 heterocycles. The maximum Gasteiger partial charge on any atom is 0.318 e. The first kappa shape index (κ1) is 27.7. The first-order valence-corrected chi connectivity index (χ1v) is 12.4. The van der Waals surface area contributed by atoms with Crippen molar-refractivity contribution in [2.24, 2.45) is 10.7 Å². The Morgan fingerprint density at radius 3 is 2.35 bits per heavy atom. The Kier molecular flexibility index (Phi) is 8.89. The van der Waals surface area contributed by atoms with E-state index in [9.17, 15) is 9.59 Å². The zero-order chi connectivity index (χ0) is 27.2. The summed E-state index contributed by atoms with van der Waals surface area (Å²) in [4.78, 5) is 34.3. The van der Waals surface area contributed by atoms with Gasteiger partial charge in [0.05, 0.1) is 18.1 Å². The molecule has 2 aromatic rings. The molecule has 196 valence electrons. The highest BCUT2D eigenvalue weighted by molar-refractivity contribution is 6.09. The number of hydrogen-bond donors (Lipinski definition) is 3. The lowest BCUT2D eigenvalue weighted by Crippen LogP contribution is -2.52. The van der Waals surface area contributed by atoms with Crippen LogP contribution in [-0.4, -0.2) is 67.3 Å². The number of nitrogens with one attached hydrogen (secondary N) is 2. The molecule has 0 aromatic heterocycles. The fourth-order valence-electron chi connectivity index (χ4n) is 4.61. The number of carbonyl (C=O) groups is 2. The van der Waals surface area contributed by atoms with Crippen LogP contribution in [0.5, 0.6) is 0 Å². The van der Waals surface area contributed by atoms with E-state index in [1.54, 1.807) is 24.1 Å². The number of aliphatic imine (C=N–C) groups is 1. The van der Waals surface area contributed by atoms with Crippen molar-refractivity contribution in [2.45, 2.75) is 32.4 Å². The molecule has 1 atom stereocenters. The zero-order valence-electron chi connectivity index (χ0n) is 22.6. The SMILES string of the molecule is C/C=C/c1ccc(C(=O)N=C(N)C2=C(NC)C(C)(C)N(C(=O)N[C@H](CN(C)C)c3ccccc3)C2)cc1. The average molecular weight is 503 g/mol. The van der Waals surface area contributed by atoms with Crippen molar-refractivity contribution < 1.29 is 9.59 Å². The lowest BCUT2D eigenvalue weighted by atomic mass is 9.99. The van der Waals surface area contributed by atoms with Crippen LogP contribution in [-0.2, 0) is 0 Å². The summed E-state index contributed by atoms with van der Waals surface area (Å²) in [6, 6.07) is 16.7. The summed E-state index contributed by atoms with van der Waals surface area (Å²) in [6.07, 6.45) is 3.89. The van der Waals surface area contributed by atoms with Crippen LogP contribution < -0.4 is 16.4 Å². The second kappa shape index (κ2) is 11.9. The number of allylic oxidation sites excluding steroid dienone is 1. The van der Waals surface area contributed by atoms with Crippen molar-refractivity contribution in [3.05, 3.63) is 88.6 Å². The van der Waals surface area contributed by atoms with E-state index in [2.05, 4.69) is 15.6 Å². The largest absolute Gasteiger partial charge is 0.389 e. The highest BCUT2D eigenvalue weighted by atomic mass is 16.2. The number of nitrogens with two attached hydrogens (primary N) is 1. The molecule has 8 heteroatoms. The molecule has 1 aliphatic heterocycles. The fourth-order valence-corrected chi connectivity index (χ4v) is 4.61. The minimum atomic E-state index is -0.690. The van der Waals surface area contributed by atoms with Gasteiger partial charge >= 0.3 is 6.03 Å². The molecule has 2 aromatic carbocycles. The summed E-state index contributed by atoms with van der Waals surface area (Å²) in [6.45, 7) is 6.71. The Morgan fingerprint density at radius 2 is 1.78 bits per heavy atom. The first-order chi connectivity index (χ1) is 17.6. The third-order valence-corrected chi connectivity index (χ3v) is 6.50. The molecule has 8 nitrogen and oxygen atoms in total. The van der Waals surface area contributed by atoms with Crippen molar-refractivity contribution in [1.29, 1.82) is 0 Å². The minimum absolute atomic E-state index is 0.100. The van der Waals surface area contributed by atoms with E-state index >= 15 is 0 Å². The van der Waals surface area contributed by atoms with Crippen molar-refractivity contribution in [2.75, 3.05) is 34.2 Å². The molecular formula is C29H38N6O2. The van der Waals surface area contributed by atoms with Crippen LogP contribution in [0.2, 0.25) is 0 Å². The van der Waals surface area contributed by atoms with E-state index in [1.165, 1.54) is 0 Å². The van der Waals surface area contributed by atoms with E-state index < -0.39 is 11.4 Å². The van der Waals surface area contributed by atoms with Gasteiger partial charge in [0.2, 0.25) is 0 Å². The van der Waals surface area contributed by atoms with Gasteiger partial charge in [-0.1, -0.05) is 54.6 Å². The van der Waals surface area contributed by atoms with Crippen LogP contribution in [0.3, 0.4) is 0 Å². The number of benzene rings is 2. The number of rotatable bonds is 8. The maximum absolute atomic E-state index is 13.6. The van der Waals surface area contributed by atoms with Crippen molar-refractivity contribution in [3.63, 3.8) is 0 Å². The van der Waals surface area contributed by atoms with Gasteiger partial charge in [0.1, 0.15) is 5.84 Å². The molecule has 0 radical (unpaired) electrons. The van der Waals surface area contributed by atoms with Crippen LogP contribution in [0.25, 0.3) is 6.08 Å². The quantitative estimate of drug-likeness (QED) is 0.376. The molecular weight excluding hydrogens is 464 g/mol. The fraction of sp³-hybridized carbons (Fsp3) is 0.345. The van der Waals surface area contributed by atoms with Crippen molar-refractivity contribution in [3.8, 4) is 0 Å². The van der Waals surface area contributed by atoms with E-state index in [4.69, 9.17) is 5.73 Å². The summed E-state index contributed by atoms with van der Waals surface area (Å²) < 4.78 is 0. The topological polar surface area (TPSA) is 103 Å². The monoisotopic (exact) mass is 502 g/mol. The van der Waals surface area contributed by atoms with Crippen molar-refractivity contribution in [1.82, 2.24) is 20.4 Å². The van der Waals surface area contributed by atoms with E-state index in [0.717, 1.165) is 16.8 Å². The van der Waals surface area contributed by atoms with Crippen molar-refractivity contribution >= 4 is 23.8 Å². The molecule has 0 saturated carbocycles. The number of amides is 3. The van der Waals surface area contributed by atoms with Gasteiger partial charge in [-0.3, -0.25) is 4.79 Å². The molecule has 0 saturated heterocycles. The number of carbonyl (C=O) groups excluding carboxylic acids is 2. The standard InChI is InChI=1S/C29H38N6O2/c1-7-11-20-14-16-22(17-15-20)27(36)33-26(30)23-18-35(29(2,3)25(23)31-4)28(37)32-24(19-34(5)6)21-12-9-8-10-13-21/h7-17,24,31H,18-19H2,1-6H3,(H,32,37)(H2,30,33,36)/b11-7+/t24-/m1/s1. The minimum Gasteiger partial charge on any atom is -0.389 e. The Morgan fingerprint density at radius 1 is 1.14 bits per heavy atom. The van der Waals surface area contributed by atoms with Crippen LogP contribution in [0, 0.1) is 0 Å². The second-order valence-electron chi connectivity index (χ2n) is 9.85. The first-order valence-electron chi connectivity index (χ1n) is 12.4. The summed E-state index contributed by atoms with van der Waals surface area (Å²) in [5.74, 6) is -0.327. The molecule has 0 fully saturated rings. The van der Waals surface area contributed by atoms with E-state index in [0.29, 0.717) is 17.7 Å². The highest BCUT2D eigenvalue weighted by Gasteiger charge is 2.43. The number of hydrogen-bond acceptors (Lipinski definition) is 4. The van der Waals surface area contributed by atoms with Gasteiger partial charge in [0, 0.05) is 30.4 Å². The van der Waals surface area contributed by atoms with Gasteiger partial charge in [-0.2, -0.15) is 4.99 Å². The average Bonchev–Trinajstić information content (AvgIpc) is 3.14. The van der Waals surface area contributed by atoms with E-state index in [-0.39, 0.29) is 24.5 Å². The molecule has 1 aliphatic rings. The lowest BCUT2D eigenvalue weighted by molar-refractivity contribution is 0.100. The Labute approximate surface area is 219 Å². The van der Waals surface area contributed by atoms with Gasteiger partial charge in [-0.15, -0.1) is 0 Å². The normalized spacial score (nSPS) is 16.4. The Hall–Kier alpha value is -3.91. The summed E-state index contributed by atoms with van der Waals surface area (Å²) >= 11 is 0. The molecule has 3 amide bonds. The van der Waals surface area contributed by atoms with Gasteiger partial charge in [0.25, 0.3) is 5.91 Å². The third kappa shape index (κ3) is 6.46. The molecule has 0 unspecified atom stereocenters. The second-order valence-corrected chi connectivity index (χ2v) is 9.85. The summed E-state index contributed by atoms with van der Waals surface area (Å²) in [5, 5.41) is 6.38. The number of urea groups is 1. The molecule has 0 bridgehead atoms. The molecule has 37 heavy (non-hydrogen) atoms. The smallest absolute Gasteiger partial charge is 0.318 e. The Balaban J connectivity index is 1.83. The van der Waals surface area contributed by atoms with Gasteiger partial charge in [-0.25, -0.2) is 4.79 Å². The summed E-state index contributed by atoms with van der Waals surface area (Å²) in [5.41, 5.74) is 9.52. The number of likely N-dealkylation sites (N-methyl/N-ethyl adjacent to an activating group) is 2. The zero-order valence-corrected chi connectivity index (χ0v) is 22.6. The number of nitrogens with zero attached hydrogens (tertiary/aromatic N) is 3. The van der Waals surface area contributed by atoms with Gasteiger partial charge in [-0.05, 0) is 58.1 Å². The predicted molar refractivity (Wildman–Crippen MR) is 150 cm³/mol. The third-order valence-electron chi connectivity index (χ3n) is 6.50. The molecule has 0 aliphatic carbocycles. The van der Waals surface area contributed by atoms with Crippen LogP contribution in [0.15, 0.2) is 76.9 Å². The van der Waals surface area contributed by atoms with Gasteiger partial charge in [0.15, 0.2) is 0 Å². The lowest BCUT2D eigenvalue weighted by Gasteiger charge is -2.35. The molecule has 4 N–H and O–H groups in total. The number of amidine groups is 1. The van der Waals surface area contributed by atoms with Crippen LogP contribution in [0.4, 0.5) is 4.79 Å². The maximum atomic E-state index is 13.6. The van der Waals surface area contributed by atoms with E-state index in [1.807, 2.05) is 94.4 Å². The van der Waals surface area contributed by atoms with Crippen LogP contribution >= 0.6 is 0 Å².